The highest BCUT2D eigenvalue weighted by molar-refractivity contribution is 5.72. The summed E-state index contributed by atoms with van der Waals surface area (Å²) in [6.45, 7) is 3.81. The van der Waals surface area contributed by atoms with E-state index in [-0.39, 0.29) is 23.0 Å². The fourth-order valence-corrected chi connectivity index (χ4v) is 1.58. The van der Waals surface area contributed by atoms with E-state index in [2.05, 4.69) is 15.2 Å². The lowest BCUT2D eigenvalue weighted by Crippen LogP contribution is -2.06. The molecule has 0 amide bonds. The number of nitrogens with one attached hydrogen (secondary N) is 1. The van der Waals surface area contributed by atoms with Crippen LogP contribution in [0.25, 0.3) is 11.4 Å². The minimum Gasteiger partial charge on any atom is -0.398 e. The van der Waals surface area contributed by atoms with Crippen molar-refractivity contribution in [1.29, 1.82) is 0 Å². The zero-order chi connectivity index (χ0) is 14.2. The molecule has 7 heteroatoms. The predicted octanol–water partition coefficient (Wildman–Crippen LogP) is 3.20. The van der Waals surface area contributed by atoms with Gasteiger partial charge in [-0.15, -0.1) is 0 Å². The van der Waals surface area contributed by atoms with Crippen molar-refractivity contribution in [1.82, 2.24) is 15.2 Å². The molecule has 0 saturated heterocycles. The van der Waals surface area contributed by atoms with Gasteiger partial charge in [0.15, 0.2) is 5.82 Å². The third-order valence-electron chi connectivity index (χ3n) is 2.67. The minimum atomic E-state index is -4.42. The van der Waals surface area contributed by atoms with Gasteiger partial charge >= 0.3 is 6.18 Å². The van der Waals surface area contributed by atoms with Crippen LogP contribution in [0.3, 0.4) is 0 Å². The van der Waals surface area contributed by atoms with Crippen LogP contribution in [0.1, 0.15) is 31.2 Å². The Morgan fingerprint density at radius 3 is 2.47 bits per heavy atom. The van der Waals surface area contributed by atoms with Gasteiger partial charge in [-0.2, -0.15) is 18.3 Å². The molecule has 0 atom stereocenters. The number of nitrogens with two attached hydrogens (primary N) is 1. The molecule has 0 spiro atoms. The number of benzene rings is 1. The van der Waals surface area contributed by atoms with Gasteiger partial charge in [0.2, 0.25) is 0 Å². The Bertz CT molecular complexity index is 587. The summed E-state index contributed by atoms with van der Waals surface area (Å²) in [6, 6.07) is 3.11. The second-order valence-corrected chi connectivity index (χ2v) is 4.50. The smallest absolute Gasteiger partial charge is 0.398 e. The number of aromatic nitrogens is 3. The van der Waals surface area contributed by atoms with Crippen molar-refractivity contribution in [3.63, 3.8) is 0 Å². The molecule has 1 heterocycles. The molecular formula is C12H13F3N4. The average Bonchev–Trinajstić information content (AvgIpc) is 2.77. The van der Waals surface area contributed by atoms with E-state index >= 15 is 0 Å². The minimum absolute atomic E-state index is 0.105. The third-order valence-corrected chi connectivity index (χ3v) is 2.67. The topological polar surface area (TPSA) is 67.6 Å². The summed E-state index contributed by atoms with van der Waals surface area (Å²) in [7, 11) is 0. The molecule has 0 fully saturated rings. The van der Waals surface area contributed by atoms with Gasteiger partial charge in [0.1, 0.15) is 5.82 Å². The fraction of sp³-hybridized carbons (Fsp3) is 0.333. The van der Waals surface area contributed by atoms with Crippen molar-refractivity contribution in [3.8, 4) is 11.4 Å². The predicted molar refractivity (Wildman–Crippen MR) is 65.3 cm³/mol. The largest absolute Gasteiger partial charge is 0.416 e. The molecule has 0 radical (unpaired) electrons. The summed E-state index contributed by atoms with van der Waals surface area (Å²) >= 11 is 0. The van der Waals surface area contributed by atoms with Crippen LogP contribution in [0.15, 0.2) is 18.2 Å². The van der Waals surface area contributed by atoms with E-state index in [1.54, 1.807) is 0 Å². The van der Waals surface area contributed by atoms with Gasteiger partial charge in [-0.1, -0.05) is 13.8 Å². The Labute approximate surface area is 107 Å². The lowest BCUT2D eigenvalue weighted by Gasteiger charge is -2.09. The number of halogens is 3. The van der Waals surface area contributed by atoms with Gasteiger partial charge in [-0.05, 0) is 18.2 Å². The highest BCUT2D eigenvalue weighted by Gasteiger charge is 2.31. The van der Waals surface area contributed by atoms with Crippen molar-refractivity contribution in [2.24, 2.45) is 0 Å². The van der Waals surface area contributed by atoms with Gasteiger partial charge in [0, 0.05) is 17.2 Å². The number of nitrogens with zero attached hydrogens (tertiary/aromatic N) is 2. The van der Waals surface area contributed by atoms with E-state index in [0.29, 0.717) is 5.82 Å². The average molecular weight is 270 g/mol. The van der Waals surface area contributed by atoms with Crippen LogP contribution in [0.4, 0.5) is 18.9 Å². The van der Waals surface area contributed by atoms with Gasteiger partial charge in [0.05, 0.1) is 5.56 Å². The molecule has 0 aliphatic rings. The first-order chi connectivity index (χ1) is 8.79. The summed E-state index contributed by atoms with van der Waals surface area (Å²) < 4.78 is 38.0. The second kappa shape index (κ2) is 4.56. The number of H-pyrrole nitrogens is 1. The molecule has 0 saturated carbocycles. The lowest BCUT2D eigenvalue weighted by molar-refractivity contribution is -0.137. The van der Waals surface area contributed by atoms with E-state index in [1.807, 2.05) is 13.8 Å². The molecule has 0 aliphatic carbocycles. The molecule has 0 bridgehead atoms. The van der Waals surface area contributed by atoms with Crippen LogP contribution < -0.4 is 5.73 Å². The number of rotatable bonds is 2. The highest BCUT2D eigenvalue weighted by atomic mass is 19.4. The van der Waals surface area contributed by atoms with Crippen molar-refractivity contribution < 1.29 is 13.2 Å². The Kier molecular flexibility index (Phi) is 3.21. The van der Waals surface area contributed by atoms with E-state index in [4.69, 9.17) is 5.73 Å². The summed E-state index contributed by atoms with van der Waals surface area (Å²) in [6.07, 6.45) is -4.42. The maximum atomic E-state index is 12.7. The zero-order valence-corrected chi connectivity index (χ0v) is 10.4. The van der Waals surface area contributed by atoms with Crippen molar-refractivity contribution in [2.75, 3.05) is 5.73 Å². The quantitative estimate of drug-likeness (QED) is 0.823. The first-order valence-electron chi connectivity index (χ1n) is 5.68. The maximum absolute atomic E-state index is 12.7. The number of hydrogen-bond acceptors (Lipinski definition) is 3. The van der Waals surface area contributed by atoms with Crippen molar-refractivity contribution in [3.05, 3.63) is 29.6 Å². The second-order valence-electron chi connectivity index (χ2n) is 4.50. The number of nitrogen functional groups attached to an aromatic ring is 1. The number of alkyl halides is 3. The molecule has 3 N–H and O–H groups in total. The van der Waals surface area contributed by atoms with Crippen LogP contribution in [-0.2, 0) is 6.18 Å². The van der Waals surface area contributed by atoms with E-state index in [1.165, 1.54) is 6.07 Å². The molecule has 0 unspecified atom stereocenters. The fourth-order valence-electron chi connectivity index (χ4n) is 1.58. The SMILES string of the molecule is CC(C)c1nc(-c2cc(C(F)(F)F)ccc2N)n[nH]1. The maximum Gasteiger partial charge on any atom is 0.416 e. The van der Waals surface area contributed by atoms with Crippen LogP contribution in [-0.4, -0.2) is 15.2 Å². The molecule has 102 valence electrons. The summed E-state index contributed by atoms with van der Waals surface area (Å²) in [4.78, 5) is 4.15. The molecule has 2 rings (SSSR count). The Morgan fingerprint density at radius 2 is 1.95 bits per heavy atom. The first-order valence-corrected chi connectivity index (χ1v) is 5.68. The number of anilines is 1. The van der Waals surface area contributed by atoms with Crippen LogP contribution >= 0.6 is 0 Å². The molecule has 0 aliphatic heterocycles. The van der Waals surface area contributed by atoms with Crippen molar-refractivity contribution >= 4 is 5.69 Å². The van der Waals surface area contributed by atoms with E-state index in [9.17, 15) is 13.2 Å². The number of hydrogen-bond donors (Lipinski definition) is 2. The Hall–Kier alpha value is -2.05. The standard InChI is InChI=1S/C12H13F3N4/c1-6(2)10-17-11(19-18-10)8-5-7(12(13,14)15)3-4-9(8)16/h3-6H,16H2,1-2H3,(H,17,18,19). The van der Waals surface area contributed by atoms with Crippen LogP contribution in [0.5, 0.6) is 0 Å². The molecule has 1 aromatic heterocycles. The Balaban J connectivity index is 2.48. The molecule has 4 nitrogen and oxygen atoms in total. The highest BCUT2D eigenvalue weighted by Crippen LogP contribution is 2.34. The lowest BCUT2D eigenvalue weighted by atomic mass is 10.1. The summed E-state index contributed by atoms with van der Waals surface area (Å²) in [5, 5.41) is 6.60. The van der Waals surface area contributed by atoms with E-state index in [0.717, 1.165) is 12.1 Å². The van der Waals surface area contributed by atoms with Crippen molar-refractivity contribution in [2.45, 2.75) is 25.9 Å². The van der Waals surface area contributed by atoms with Gasteiger partial charge in [-0.25, -0.2) is 4.98 Å². The van der Waals surface area contributed by atoms with Crippen LogP contribution in [0, 0.1) is 0 Å². The molecule has 1 aromatic carbocycles. The summed E-state index contributed by atoms with van der Waals surface area (Å²) in [5.74, 6) is 0.882. The Morgan fingerprint density at radius 1 is 1.26 bits per heavy atom. The summed E-state index contributed by atoms with van der Waals surface area (Å²) in [5.41, 5.74) is 5.31. The first kappa shape index (κ1) is 13.4. The van der Waals surface area contributed by atoms with Gasteiger partial charge in [0.25, 0.3) is 0 Å². The van der Waals surface area contributed by atoms with Gasteiger partial charge in [-0.3, -0.25) is 5.10 Å². The third kappa shape index (κ3) is 2.69. The van der Waals surface area contributed by atoms with Gasteiger partial charge < -0.3 is 5.73 Å². The zero-order valence-electron chi connectivity index (χ0n) is 10.4. The number of aromatic amines is 1. The van der Waals surface area contributed by atoms with E-state index < -0.39 is 11.7 Å². The normalized spacial score (nSPS) is 12.1. The molecule has 19 heavy (non-hydrogen) atoms. The monoisotopic (exact) mass is 270 g/mol. The molecule has 2 aromatic rings. The molecular weight excluding hydrogens is 257 g/mol. The van der Waals surface area contributed by atoms with Crippen LogP contribution in [0.2, 0.25) is 0 Å².